The van der Waals surface area contributed by atoms with E-state index in [1.165, 1.54) is 16.5 Å². The van der Waals surface area contributed by atoms with E-state index in [-0.39, 0.29) is 5.91 Å². The molecule has 0 saturated carbocycles. The number of amides is 1. The standard InChI is InChI=1S/C24H26N2O3/c1-3-14-29-22-9-8-18(15-23(22)28-2)24(27)26-12-10-17(11-13-26)20-16-25-21-7-5-4-6-19(20)21/h3-9,15-17,25H,1,10-14H2,2H3. The quantitative estimate of drug-likeness (QED) is 0.618. The SMILES string of the molecule is C=CCOc1ccc(C(=O)N2CCC(c3c[nH]c4ccccc34)CC2)cc1OC. The molecule has 1 amide bonds. The van der Waals surface area contributed by atoms with Crippen molar-refractivity contribution in [3.63, 3.8) is 0 Å². The van der Waals surface area contributed by atoms with Crippen LogP contribution in [0, 0.1) is 0 Å². The summed E-state index contributed by atoms with van der Waals surface area (Å²) in [5.74, 6) is 1.68. The van der Waals surface area contributed by atoms with Crippen LogP contribution in [0.4, 0.5) is 0 Å². The fourth-order valence-corrected chi connectivity index (χ4v) is 4.08. The van der Waals surface area contributed by atoms with Gasteiger partial charge in [0.2, 0.25) is 0 Å². The molecule has 1 aromatic heterocycles. The van der Waals surface area contributed by atoms with Gasteiger partial charge in [-0.3, -0.25) is 4.79 Å². The first-order chi connectivity index (χ1) is 14.2. The van der Waals surface area contributed by atoms with Gasteiger partial charge in [-0.2, -0.15) is 0 Å². The molecule has 5 nitrogen and oxygen atoms in total. The van der Waals surface area contributed by atoms with Crippen molar-refractivity contribution in [1.29, 1.82) is 0 Å². The molecule has 29 heavy (non-hydrogen) atoms. The minimum absolute atomic E-state index is 0.0379. The molecule has 4 rings (SSSR count). The number of aromatic nitrogens is 1. The molecule has 0 spiro atoms. The third-order valence-electron chi connectivity index (χ3n) is 5.61. The number of methoxy groups -OCH3 is 1. The van der Waals surface area contributed by atoms with Crippen molar-refractivity contribution in [1.82, 2.24) is 9.88 Å². The zero-order chi connectivity index (χ0) is 20.2. The van der Waals surface area contributed by atoms with Crippen LogP contribution in [0.2, 0.25) is 0 Å². The summed E-state index contributed by atoms with van der Waals surface area (Å²) in [6, 6.07) is 13.7. The number of likely N-dealkylation sites (tertiary alicyclic amines) is 1. The first-order valence-electron chi connectivity index (χ1n) is 9.98. The van der Waals surface area contributed by atoms with E-state index >= 15 is 0 Å². The van der Waals surface area contributed by atoms with Crippen LogP contribution in [0.5, 0.6) is 11.5 Å². The van der Waals surface area contributed by atoms with Gasteiger partial charge < -0.3 is 19.4 Å². The van der Waals surface area contributed by atoms with E-state index in [4.69, 9.17) is 9.47 Å². The predicted molar refractivity (Wildman–Crippen MR) is 115 cm³/mol. The van der Waals surface area contributed by atoms with Crippen LogP contribution in [-0.2, 0) is 0 Å². The summed E-state index contributed by atoms with van der Waals surface area (Å²) in [6.45, 7) is 5.54. The third kappa shape index (κ3) is 3.86. The van der Waals surface area contributed by atoms with E-state index < -0.39 is 0 Å². The molecule has 2 aromatic carbocycles. The maximum Gasteiger partial charge on any atom is 0.253 e. The van der Waals surface area contributed by atoms with Gasteiger partial charge in [0.05, 0.1) is 7.11 Å². The molecular formula is C24H26N2O3. The smallest absolute Gasteiger partial charge is 0.253 e. The van der Waals surface area contributed by atoms with Gasteiger partial charge in [0.25, 0.3) is 5.91 Å². The summed E-state index contributed by atoms with van der Waals surface area (Å²) in [6.07, 6.45) is 5.73. The Morgan fingerprint density at radius 2 is 2.00 bits per heavy atom. The highest BCUT2D eigenvalue weighted by atomic mass is 16.5. The monoisotopic (exact) mass is 390 g/mol. The van der Waals surface area contributed by atoms with Crippen molar-refractivity contribution in [2.24, 2.45) is 0 Å². The van der Waals surface area contributed by atoms with E-state index in [0.29, 0.717) is 29.6 Å². The van der Waals surface area contributed by atoms with E-state index in [9.17, 15) is 4.79 Å². The van der Waals surface area contributed by atoms with Crippen LogP contribution in [-0.4, -0.2) is 42.6 Å². The van der Waals surface area contributed by atoms with Gasteiger partial charge in [-0.05, 0) is 48.6 Å². The largest absolute Gasteiger partial charge is 0.493 e. The number of ether oxygens (including phenoxy) is 2. The summed E-state index contributed by atoms with van der Waals surface area (Å²) >= 11 is 0. The number of carbonyl (C=O) groups is 1. The summed E-state index contributed by atoms with van der Waals surface area (Å²) in [4.78, 5) is 18.3. The zero-order valence-electron chi connectivity index (χ0n) is 16.7. The van der Waals surface area contributed by atoms with Crippen LogP contribution in [0.1, 0.15) is 34.7 Å². The second kappa shape index (κ2) is 8.43. The van der Waals surface area contributed by atoms with Crippen LogP contribution in [0.25, 0.3) is 10.9 Å². The number of piperidine rings is 1. The molecule has 1 saturated heterocycles. The average Bonchev–Trinajstić information content (AvgIpc) is 3.21. The van der Waals surface area contributed by atoms with Gasteiger partial charge in [-0.1, -0.05) is 30.9 Å². The highest BCUT2D eigenvalue weighted by molar-refractivity contribution is 5.95. The fourth-order valence-electron chi connectivity index (χ4n) is 4.08. The van der Waals surface area contributed by atoms with Gasteiger partial charge in [0, 0.05) is 35.8 Å². The molecule has 150 valence electrons. The summed E-state index contributed by atoms with van der Waals surface area (Å²) in [5, 5.41) is 1.29. The predicted octanol–water partition coefficient (Wildman–Crippen LogP) is 4.76. The number of fused-ring (bicyclic) bond motifs is 1. The molecule has 5 heteroatoms. The molecule has 0 unspecified atom stereocenters. The summed E-state index contributed by atoms with van der Waals surface area (Å²) < 4.78 is 11.0. The highest BCUT2D eigenvalue weighted by Crippen LogP contribution is 2.34. The van der Waals surface area contributed by atoms with Crippen molar-refractivity contribution in [2.45, 2.75) is 18.8 Å². The third-order valence-corrected chi connectivity index (χ3v) is 5.61. The Bertz CT molecular complexity index is 1020. The number of carbonyl (C=O) groups excluding carboxylic acids is 1. The van der Waals surface area contributed by atoms with Crippen molar-refractivity contribution >= 4 is 16.8 Å². The Morgan fingerprint density at radius 3 is 2.76 bits per heavy atom. The topological polar surface area (TPSA) is 54.6 Å². The van der Waals surface area contributed by atoms with Crippen molar-refractivity contribution in [2.75, 3.05) is 26.8 Å². The van der Waals surface area contributed by atoms with E-state index in [0.717, 1.165) is 25.9 Å². The van der Waals surface area contributed by atoms with Gasteiger partial charge >= 0.3 is 0 Å². The molecule has 1 N–H and O–H groups in total. The summed E-state index contributed by atoms with van der Waals surface area (Å²) in [7, 11) is 1.58. The number of nitrogens with one attached hydrogen (secondary N) is 1. The maximum atomic E-state index is 13.0. The zero-order valence-corrected chi connectivity index (χ0v) is 16.7. The van der Waals surface area contributed by atoms with E-state index in [2.05, 4.69) is 36.0 Å². The normalized spacial score (nSPS) is 14.7. The van der Waals surface area contributed by atoms with Gasteiger partial charge in [-0.25, -0.2) is 0 Å². The first kappa shape index (κ1) is 19.1. The van der Waals surface area contributed by atoms with E-state index in [1.807, 2.05) is 11.0 Å². The molecular weight excluding hydrogens is 364 g/mol. The molecule has 0 radical (unpaired) electrons. The summed E-state index contributed by atoms with van der Waals surface area (Å²) in [5.41, 5.74) is 3.16. The van der Waals surface area contributed by atoms with Crippen molar-refractivity contribution in [3.8, 4) is 11.5 Å². The Labute approximate surface area is 170 Å². The minimum Gasteiger partial charge on any atom is -0.493 e. The number of hydrogen-bond donors (Lipinski definition) is 1. The molecule has 0 atom stereocenters. The molecule has 2 heterocycles. The Kier molecular flexibility index (Phi) is 5.56. The molecule has 3 aromatic rings. The lowest BCUT2D eigenvalue weighted by molar-refractivity contribution is 0.0713. The lowest BCUT2D eigenvalue weighted by Crippen LogP contribution is -2.37. The van der Waals surface area contributed by atoms with Crippen molar-refractivity contribution < 1.29 is 14.3 Å². The number of H-pyrrole nitrogens is 1. The molecule has 0 aliphatic carbocycles. The molecule has 1 aliphatic heterocycles. The number of nitrogens with zero attached hydrogens (tertiary/aromatic N) is 1. The number of hydrogen-bond acceptors (Lipinski definition) is 3. The lowest BCUT2D eigenvalue weighted by atomic mass is 9.89. The van der Waals surface area contributed by atoms with Crippen LogP contribution >= 0.6 is 0 Å². The Balaban J connectivity index is 1.44. The average molecular weight is 390 g/mol. The van der Waals surface area contributed by atoms with Crippen molar-refractivity contribution in [3.05, 3.63) is 72.4 Å². The second-order valence-electron chi connectivity index (χ2n) is 7.32. The van der Waals surface area contributed by atoms with Gasteiger partial charge in [0.1, 0.15) is 6.61 Å². The minimum atomic E-state index is 0.0379. The number of para-hydroxylation sites is 1. The van der Waals surface area contributed by atoms with Gasteiger partial charge in [-0.15, -0.1) is 0 Å². The highest BCUT2D eigenvalue weighted by Gasteiger charge is 2.26. The van der Waals surface area contributed by atoms with E-state index in [1.54, 1.807) is 31.4 Å². The van der Waals surface area contributed by atoms with Crippen LogP contribution in [0.3, 0.4) is 0 Å². The second-order valence-corrected chi connectivity index (χ2v) is 7.32. The number of aromatic amines is 1. The van der Waals surface area contributed by atoms with Gasteiger partial charge in [0.15, 0.2) is 11.5 Å². The number of rotatable bonds is 6. The number of benzene rings is 2. The van der Waals surface area contributed by atoms with Crippen LogP contribution in [0.15, 0.2) is 61.3 Å². The lowest BCUT2D eigenvalue weighted by Gasteiger charge is -2.32. The van der Waals surface area contributed by atoms with Crippen LogP contribution < -0.4 is 9.47 Å². The fraction of sp³-hybridized carbons (Fsp3) is 0.292. The first-order valence-corrected chi connectivity index (χ1v) is 9.98. The Morgan fingerprint density at radius 1 is 1.21 bits per heavy atom. The molecule has 0 bridgehead atoms. The maximum absolute atomic E-state index is 13.0. The molecule has 1 aliphatic rings. The molecule has 1 fully saturated rings. The Hall–Kier alpha value is -3.21.